The molecule has 1 aromatic carbocycles. The predicted octanol–water partition coefficient (Wildman–Crippen LogP) is 3.33. The summed E-state index contributed by atoms with van der Waals surface area (Å²) in [6.07, 6.45) is 2.57. The van der Waals surface area contributed by atoms with Crippen LogP contribution in [0.2, 0.25) is 0 Å². The topological polar surface area (TPSA) is 59.6 Å². The SMILES string of the molecule is CCOc1cc(Br)c(CC(=O)NCCC2CCNC2)cc1OCC.Cl. The van der Waals surface area contributed by atoms with E-state index in [1.807, 2.05) is 26.0 Å². The van der Waals surface area contributed by atoms with Crippen LogP contribution < -0.4 is 20.1 Å². The van der Waals surface area contributed by atoms with Crippen LogP contribution in [-0.4, -0.2) is 38.8 Å². The Kier molecular flexibility index (Phi) is 10.2. The van der Waals surface area contributed by atoms with E-state index >= 15 is 0 Å². The Hall–Kier alpha value is -0.980. The van der Waals surface area contributed by atoms with Crippen LogP contribution in [0.15, 0.2) is 16.6 Å². The maximum atomic E-state index is 12.2. The molecular formula is C18H28BrClN2O3. The van der Waals surface area contributed by atoms with Crippen LogP contribution in [0, 0.1) is 5.92 Å². The number of hydrogen-bond acceptors (Lipinski definition) is 4. The van der Waals surface area contributed by atoms with Gasteiger partial charge in [0.15, 0.2) is 11.5 Å². The fraction of sp³-hybridized carbons (Fsp3) is 0.611. The number of nitrogens with one attached hydrogen (secondary N) is 2. The van der Waals surface area contributed by atoms with Crippen molar-refractivity contribution < 1.29 is 14.3 Å². The van der Waals surface area contributed by atoms with Gasteiger partial charge in [-0.05, 0) is 63.4 Å². The summed E-state index contributed by atoms with van der Waals surface area (Å²) in [4.78, 5) is 12.2. The van der Waals surface area contributed by atoms with E-state index in [1.54, 1.807) is 0 Å². The number of ether oxygens (including phenoxy) is 2. The van der Waals surface area contributed by atoms with Crippen LogP contribution >= 0.6 is 28.3 Å². The molecule has 0 spiro atoms. The Bertz CT molecular complexity index is 551. The van der Waals surface area contributed by atoms with Crippen LogP contribution in [0.5, 0.6) is 11.5 Å². The van der Waals surface area contributed by atoms with E-state index in [1.165, 1.54) is 6.42 Å². The number of rotatable bonds is 9. The van der Waals surface area contributed by atoms with Crippen molar-refractivity contribution in [2.24, 2.45) is 5.92 Å². The van der Waals surface area contributed by atoms with E-state index in [9.17, 15) is 4.79 Å². The molecule has 1 heterocycles. The van der Waals surface area contributed by atoms with Crippen molar-refractivity contribution in [2.75, 3.05) is 32.8 Å². The molecule has 1 atom stereocenters. The first kappa shape index (κ1) is 22.1. The minimum absolute atomic E-state index is 0. The summed E-state index contributed by atoms with van der Waals surface area (Å²) in [7, 11) is 0. The molecule has 142 valence electrons. The number of amides is 1. The summed E-state index contributed by atoms with van der Waals surface area (Å²) in [5.74, 6) is 2.10. The van der Waals surface area contributed by atoms with Crippen molar-refractivity contribution in [3.63, 3.8) is 0 Å². The van der Waals surface area contributed by atoms with Crippen molar-refractivity contribution in [2.45, 2.75) is 33.1 Å². The van der Waals surface area contributed by atoms with Gasteiger partial charge in [-0.15, -0.1) is 12.4 Å². The summed E-state index contributed by atoms with van der Waals surface area (Å²) in [5.41, 5.74) is 0.905. The fourth-order valence-electron chi connectivity index (χ4n) is 2.86. The molecule has 1 amide bonds. The van der Waals surface area contributed by atoms with E-state index < -0.39 is 0 Å². The molecule has 1 aliphatic rings. The molecule has 1 aromatic rings. The Morgan fingerprint density at radius 1 is 1.28 bits per heavy atom. The average Bonchev–Trinajstić information content (AvgIpc) is 3.05. The van der Waals surface area contributed by atoms with E-state index in [0.29, 0.717) is 37.1 Å². The van der Waals surface area contributed by atoms with Crippen molar-refractivity contribution in [1.29, 1.82) is 0 Å². The van der Waals surface area contributed by atoms with Gasteiger partial charge in [0.2, 0.25) is 5.91 Å². The molecule has 25 heavy (non-hydrogen) atoms. The lowest BCUT2D eigenvalue weighted by Gasteiger charge is -2.14. The monoisotopic (exact) mass is 434 g/mol. The summed E-state index contributed by atoms with van der Waals surface area (Å²) in [5, 5.41) is 6.36. The lowest BCUT2D eigenvalue weighted by molar-refractivity contribution is -0.120. The van der Waals surface area contributed by atoms with Crippen molar-refractivity contribution >= 4 is 34.2 Å². The molecule has 1 saturated heterocycles. The van der Waals surface area contributed by atoms with E-state index in [-0.39, 0.29) is 18.3 Å². The predicted molar refractivity (Wildman–Crippen MR) is 106 cm³/mol. The van der Waals surface area contributed by atoms with Crippen molar-refractivity contribution in [1.82, 2.24) is 10.6 Å². The third-order valence-corrected chi connectivity index (χ3v) is 4.84. The van der Waals surface area contributed by atoms with Crippen molar-refractivity contribution in [3.8, 4) is 11.5 Å². The molecule has 1 fully saturated rings. The van der Waals surface area contributed by atoms with Gasteiger partial charge in [0.05, 0.1) is 19.6 Å². The summed E-state index contributed by atoms with van der Waals surface area (Å²) in [6.45, 7) is 7.89. The molecule has 0 saturated carbocycles. The molecular weight excluding hydrogens is 408 g/mol. The standard InChI is InChI=1S/C18H27BrN2O3.ClH/c1-3-23-16-9-14(15(19)11-17(16)24-4-2)10-18(22)21-8-6-13-5-7-20-12-13;/h9,11,13,20H,3-8,10,12H2,1-2H3,(H,21,22);1H. The fourth-order valence-corrected chi connectivity index (χ4v) is 3.32. The third kappa shape index (κ3) is 7.04. The quantitative estimate of drug-likeness (QED) is 0.625. The molecule has 0 bridgehead atoms. The lowest BCUT2D eigenvalue weighted by Crippen LogP contribution is -2.28. The molecule has 2 rings (SSSR count). The summed E-state index contributed by atoms with van der Waals surface area (Å²) < 4.78 is 12.1. The van der Waals surface area contributed by atoms with Crippen molar-refractivity contribution in [3.05, 3.63) is 22.2 Å². The molecule has 5 nitrogen and oxygen atoms in total. The van der Waals surface area contributed by atoms with Gasteiger partial charge in [-0.25, -0.2) is 0 Å². The van der Waals surface area contributed by atoms with Gasteiger partial charge in [-0.1, -0.05) is 15.9 Å². The van der Waals surface area contributed by atoms with E-state index in [0.717, 1.165) is 36.1 Å². The zero-order valence-corrected chi connectivity index (χ0v) is 17.3. The molecule has 7 heteroatoms. The number of carbonyl (C=O) groups excluding carboxylic acids is 1. The number of halogens is 2. The first-order chi connectivity index (χ1) is 11.6. The first-order valence-electron chi connectivity index (χ1n) is 8.69. The van der Waals surface area contributed by atoms with Gasteiger partial charge in [0, 0.05) is 11.0 Å². The Morgan fingerprint density at radius 2 is 1.96 bits per heavy atom. The van der Waals surface area contributed by atoms with Crippen LogP contribution in [0.3, 0.4) is 0 Å². The zero-order chi connectivity index (χ0) is 17.4. The van der Waals surface area contributed by atoms with Gasteiger partial charge in [-0.2, -0.15) is 0 Å². The zero-order valence-electron chi connectivity index (χ0n) is 14.9. The second-order valence-corrected chi connectivity index (χ2v) is 6.78. The number of carbonyl (C=O) groups is 1. The lowest BCUT2D eigenvalue weighted by atomic mass is 10.1. The highest BCUT2D eigenvalue weighted by Crippen LogP contribution is 2.34. The van der Waals surface area contributed by atoms with Crippen LogP contribution in [0.25, 0.3) is 0 Å². The molecule has 2 N–H and O–H groups in total. The second kappa shape index (κ2) is 11.6. The molecule has 0 aliphatic carbocycles. The van der Waals surface area contributed by atoms with Gasteiger partial charge >= 0.3 is 0 Å². The van der Waals surface area contributed by atoms with Crippen LogP contribution in [0.4, 0.5) is 0 Å². The Balaban J connectivity index is 0.00000312. The van der Waals surface area contributed by atoms with Gasteiger partial charge in [0.1, 0.15) is 0 Å². The smallest absolute Gasteiger partial charge is 0.224 e. The van der Waals surface area contributed by atoms with Gasteiger partial charge < -0.3 is 20.1 Å². The second-order valence-electron chi connectivity index (χ2n) is 5.93. The highest BCUT2D eigenvalue weighted by molar-refractivity contribution is 9.10. The maximum absolute atomic E-state index is 12.2. The first-order valence-corrected chi connectivity index (χ1v) is 9.48. The van der Waals surface area contributed by atoms with E-state index in [4.69, 9.17) is 9.47 Å². The highest BCUT2D eigenvalue weighted by atomic mass is 79.9. The number of hydrogen-bond donors (Lipinski definition) is 2. The summed E-state index contributed by atoms with van der Waals surface area (Å²) >= 11 is 3.53. The van der Waals surface area contributed by atoms with E-state index in [2.05, 4.69) is 26.6 Å². The maximum Gasteiger partial charge on any atom is 0.224 e. The molecule has 0 radical (unpaired) electrons. The minimum atomic E-state index is 0. The Labute approximate surface area is 164 Å². The minimum Gasteiger partial charge on any atom is -0.490 e. The third-order valence-electron chi connectivity index (χ3n) is 4.10. The highest BCUT2D eigenvalue weighted by Gasteiger charge is 2.16. The molecule has 1 aliphatic heterocycles. The largest absolute Gasteiger partial charge is 0.490 e. The average molecular weight is 436 g/mol. The Morgan fingerprint density at radius 3 is 2.56 bits per heavy atom. The molecule has 1 unspecified atom stereocenters. The normalized spacial score (nSPS) is 16.2. The number of benzene rings is 1. The van der Waals surface area contributed by atoms with Crippen LogP contribution in [0.1, 0.15) is 32.3 Å². The van der Waals surface area contributed by atoms with Gasteiger partial charge in [0.25, 0.3) is 0 Å². The molecule has 0 aromatic heterocycles. The van der Waals surface area contributed by atoms with Gasteiger partial charge in [-0.3, -0.25) is 4.79 Å². The summed E-state index contributed by atoms with van der Waals surface area (Å²) in [6, 6.07) is 3.76. The van der Waals surface area contributed by atoms with Crippen LogP contribution in [-0.2, 0) is 11.2 Å².